The molecule has 1 fully saturated rings. The van der Waals surface area contributed by atoms with E-state index >= 15 is 0 Å². The maximum Gasteiger partial charge on any atom is 0.276 e. The fraction of sp³-hybridized carbons (Fsp3) is 0.444. The molecule has 1 N–H and O–H groups in total. The molecule has 3 aromatic rings. The van der Waals surface area contributed by atoms with E-state index in [1.165, 1.54) is 0 Å². The Balaban J connectivity index is 0.00000140. The fourth-order valence-electron chi connectivity index (χ4n) is 3.22. The van der Waals surface area contributed by atoms with Crippen molar-refractivity contribution in [1.82, 2.24) is 30.2 Å². The van der Waals surface area contributed by atoms with Crippen LogP contribution in [0.2, 0.25) is 0 Å². The van der Waals surface area contributed by atoms with Crippen LogP contribution < -0.4 is 5.32 Å². The zero-order chi connectivity index (χ0) is 18.1. The topological polar surface area (TPSA) is 75.9 Å². The first-order valence-corrected chi connectivity index (χ1v) is 9.70. The Morgan fingerprint density at radius 1 is 1.29 bits per heavy atom. The van der Waals surface area contributed by atoms with E-state index < -0.39 is 0 Å². The number of aromatic nitrogens is 4. The molecule has 0 spiro atoms. The van der Waals surface area contributed by atoms with Gasteiger partial charge in [-0.1, -0.05) is 17.3 Å². The molecule has 0 radical (unpaired) electrons. The molecule has 28 heavy (non-hydrogen) atoms. The Labute approximate surface area is 180 Å². The molecule has 1 aromatic carbocycles. The maximum absolute atomic E-state index is 12.8. The van der Waals surface area contributed by atoms with Gasteiger partial charge in [0.15, 0.2) is 5.69 Å². The van der Waals surface area contributed by atoms with Crippen molar-refractivity contribution in [2.45, 2.75) is 31.8 Å². The molecule has 2 aromatic heterocycles. The van der Waals surface area contributed by atoms with E-state index in [2.05, 4.69) is 26.7 Å². The number of thiazole rings is 1. The van der Waals surface area contributed by atoms with E-state index in [-0.39, 0.29) is 36.8 Å². The second kappa shape index (κ2) is 9.65. The Morgan fingerprint density at radius 2 is 2.00 bits per heavy atom. The Morgan fingerprint density at radius 3 is 2.71 bits per heavy atom. The summed E-state index contributed by atoms with van der Waals surface area (Å²) in [6.07, 6.45) is 3.80. The van der Waals surface area contributed by atoms with Crippen LogP contribution in [0.4, 0.5) is 0 Å². The molecule has 1 saturated heterocycles. The van der Waals surface area contributed by atoms with Crippen LogP contribution >= 0.6 is 36.2 Å². The van der Waals surface area contributed by atoms with Gasteiger partial charge in [0.1, 0.15) is 5.01 Å². The maximum atomic E-state index is 12.8. The van der Waals surface area contributed by atoms with E-state index in [1.54, 1.807) is 29.5 Å². The molecule has 1 aliphatic heterocycles. The van der Waals surface area contributed by atoms with Crippen molar-refractivity contribution in [1.29, 1.82) is 0 Å². The second-order valence-corrected chi connectivity index (χ2v) is 7.74. The van der Waals surface area contributed by atoms with E-state index in [0.29, 0.717) is 11.7 Å². The van der Waals surface area contributed by atoms with Gasteiger partial charge >= 0.3 is 0 Å². The lowest BCUT2D eigenvalue weighted by atomic mass is 10.1. The lowest BCUT2D eigenvalue weighted by molar-refractivity contribution is 0.0736. The van der Waals surface area contributed by atoms with Crippen LogP contribution in [0.25, 0.3) is 10.2 Å². The lowest BCUT2D eigenvalue weighted by Crippen LogP contribution is -2.30. The normalized spacial score (nSPS) is 15.5. The molecule has 1 amide bonds. The van der Waals surface area contributed by atoms with Crippen molar-refractivity contribution < 1.29 is 4.79 Å². The number of carbonyl (C=O) groups is 1. The van der Waals surface area contributed by atoms with Crippen molar-refractivity contribution in [2.75, 3.05) is 20.1 Å². The third kappa shape index (κ3) is 4.46. The lowest BCUT2D eigenvalue weighted by Gasteiger charge is -2.23. The summed E-state index contributed by atoms with van der Waals surface area (Å²) in [5.74, 6) is -0.128. The Bertz CT molecular complexity index is 891. The van der Waals surface area contributed by atoms with E-state index in [9.17, 15) is 4.79 Å². The van der Waals surface area contributed by atoms with Crippen molar-refractivity contribution in [3.05, 3.63) is 41.2 Å². The summed E-state index contributed by atoms with van der Waals surface area (Å²) in [4.78, 5) is 19.2. The first kappa shape index (κ1) is 22.5. The number of benzene rings is 1. The highest BCUT2D eigenvalue weighted by molar-refractivity contribution is 7.18. The molecule has 152 valence electrons. The molecule has 3 heterocycles. The molecule has 4 rings (SSSR count). The molecular weight excluding hydrogens is 419 g/mol. The molecule has 10 heteroatoms. The zero-order valence-electron chi connectivity index (χ0n) is 15.7. The number of halogens is 2. The number of amides is 1. The van der Waals surface area contributed by atoms with Gasteiger partial charge in [0.05, 0.1) is 28.5 Å². The predicted octanol–water partition coefficient (Wildman–Crippen LogP) is 3.49. The van der Waals surface area contributed by atoms with Gasteiger partial charge in [-0.2, -0.15) is 0 Å². The van der Waals surface area contributed by atoms with Crippen LogP contribution in [0.3, 0.4) is 0 Å². The van der Waals surface area contributed by atoms with Gasteiger partial charge in [0.25, 0.3) is 5.91 Å². The van der Waals surface area contributed by atoms with Crippen LogP contribution in [-0.2, 0) is 0 Å². The molecule has 0 bridgehead atoms. The largest absolute Gasteiger partial charge is 0.331 e. The number of rotatable bonds is 4. The number of para-hydroxylation sites is 1. The Hall–Kier alpha value is -1.74. The number of piperidine rings is 1. The minimum absolute atomic E-state index is 0. The van der Waals surface area contributed by atoms with Gasteiger partial charge in [-0.25, -0.2) is 9.67 Å². The third-order valence-electron chi connectivity index (χ3n) is 4.98. The average molecular weight is 443 g/mol. The molecule has 0 saturated carbocycles. The van der Waals surface area contributed by atoms with Gasteiger partial charge in [-0.15, -0.1) is 41.2 Å². The number of nitrogens with one attached hydrogen (secondary N) is 1. The van der Waals surface area contributed by atoms with Crippen molar-refractivity contribution in [3.8, 4) is 0 Å². The van der Waals surface area contributed by atoms with Crippen molar-refractivity contribution >= 4 is 52.3 Å². The average Bonchev–Trinajstić information content (AvgIpc) is 3.34. The van der Waals surface area contributed by atoms with Crippen LogP contribution in [0.1, 0.15) is 47.3 Å². The first-order valence-electron chi connectivity index (χ1n) is 8.88. The van der Waals surface area contributed by atoms with Crippen LogP contribution in [0.15, 0.2) is 30.5 Å². The highest BCUT2D eigenvalue weighted by atomic mass is 35.5. The second-order valence-electron chi connectivity index (χ2n) is 6.68. The monoisotopic (exact) mass is 442 g/mol. The summed E-state index contributed by atoms with van der Waals surface area (Å²) in [5, 5.41) is 12.6. The van der Waals surface area contributed by atoms with Crippen LogP contribution in [-0.4, -0.2) is 50.9 Å². The van der Waals surface area contributed by atoms with Gasteiger partial charge in [-0.05, 0) is 45.0 Å². The summed E-state index contributed by atoms with van der Waals surface area (Å²) in [6, 6.07) is 8.22. The van der Waals surface area contributed by atoms with Crippen LogP contribution in [0, 0.1) is 0 Å². The highest BCUT2D eigenvalue weighted by Crippen LogP contribution is 2.29. The molecule has 1 aliphatic rings. The third-order valence-corrected chi connectivity index (χ3v) is 6.19. The summed E-state index contributed by atoms with van der Waals surface area (Å²) >= 11 is 1.62. The predicted molar refractivity (Wildman–Crippen MR) is 116 cm³/mol. The van der Waals surface area contributed by atoms with Crippen molar-refractivity contribution in [3.63, 3.8) is 0 Å². The summed E-state index contributed by atoms with van der Waals surface area (Å²) in [6.45, 7) is 3.94. The van der Waals surface area contributed by atoms with Gasteiger partial charge < -0.3 is 10.2 Å². The molecule has 1 atom stereocenters. The van der Waals surface area contributed by atoms with Crippen LogP contribution in [0.5, 0.6) is 0 Å². The van der Waals surface area contributed by atoms with Gasteiger partial charge in [-0.3, -0.25) is 4.79 Å². The first-order chi connectivity index (χ1) is 12.6. The minimum atomic E-state index is -0.128. The summed E-state index contributed by atoms with van der Waals surface area (Å²) in [7, 11) is 1.79. The fourth-order valence-corrected chi connectivity index (χ4v) is 4.28. The van der Waals surface area contributed by atoms with Gasteiger partial charge in [0.2, 0.25) is 0 Å². The number of hydrogen-bond acceptors (Lipinski definition) is 6. The molecule has 1 unspecified atom stereocenters. The van der Waals surface area contributed by atoms with E-state index in [1.807, 2.05) is 29.8 Å². The number of nitrogens with zero attached hydrogens (tertiary/aromatic N) is 5. The molecule has 7 nitrogen and oxygen atoms in total. The quantitative estimate of drug-likeness (QED) is 0.668. The smallest absolute Gasteiger partial charge is 0.276 e. The summed E-state index contributed by atoms with van der Waals surface area (Å²) in [5.41, 5.74) is 1.36. The van der Waals surface area contributed by atoms with Crippen molar-refractivity contribution in [2.24, 2.45) is 0 Å². The van der Waals surface area contributed by atoms with E-state index in [4.69, 9.17) is 0 Å². The number of fused-ring (bicyclic) bond motifs is 1. The summed E-state index contributed by atoms with van der Waals surface area (Å²) < 4.78 is 2.97. The zero-order valence-corrected chi connectivity index (χ0v) is 18.2. The molecular formula is C18H24Cl2N6OS. The number of carbonyl (C=O) groups excluding carboxylic acids is 1. The Kier molecular flexibility index (Phi) is 7.77. The van der Waals surface area contributed by atoms with E-state index in [0.717, 1.165) is 41.2 Å². The SMILES string of the molecule is CC(c1nc2ccccc2s1)N(C)C(=O)c1cn(C2CCNCC2)nn1.Cl.Cl. The standard InChI is InChI=1S/C18H22N6OS.2ClH/c1-12(17-20-14-5-3-4-6-16(14)26-17)23(2)18(25)15-11-24(22-21-15)13-7-9-19-10-8-13;;/h3-6,11-13,19H,7-10H2,1-2H3;2*1H. The minimum Gasteiger partial charge on any atom is -0.331 e. The van der Waals surface area contributed by atoms with Gasteiger partial charge in [0, 0.05) is 7.05 Å². The molecule has 0 aliphatic carbocycles. The number of hydrogen-bond donors (Lipinski definition) is 1. The highest BCUT2D eigenvalue weighted by Gasteiger charge is 2.25.